The van der Waals surface area contributed by atoms with E-state index in [1.807, 2.05) is 13.1 Å². The van der Waals surface area contributed by atoms with E-state index in [-0.39, 0.29) is 6.17 Å². The summed E-state index contributed by atoms with van der Waals surface area (Å²) in [7, 11) is 0. The number of piperidine rings is 1. The van der Waals surface area contributed by atoms with Crippen molar-refractivity contribution >= 4 is 6.09 Å². The molecule has 0 aromatic heterocycles. The number of hydrogen-bond acceptors (Lipinski definition) is 2. The van der Waals surface area contributed by atoms with Gasteiger partial charge in [0.2, 0.25) is 0 Å². The first-order chi connectivity index (χ1) is 6.74. The third-order valence-corrected chi connectivity index (χ3v) is 3.00. The molecule has 0 spiro atoms. The molecule has 1 amide bonds. The third-order valence-electron chi connectivity index (χ3n) is 3.00. The molecule has 1 N–H and O–H groups in total. The van der Waals surface area contributed by atoms with E-state index < -0.39 is 6.09 Å². The average molecular weight is 196 g/mol. The van der Waals surface area contributed by atoms with E-state index in [1.165, 1.54) is 11.3 Å². The Morgan fingerprint density at radius 1 is 1.64 bits per heavy atom. The van der Waals surface area contributed by atoms with Crippen molar-refractivity contribution in [1.29, 1.82) is 0 Å². The molecule has 1 unspecified atom stereocenters. The minimum absolute atomic E-state index is 0.0798. The molecule has 1 atom stereocenters. The average Bonchev–Trinajstić information content (AvgIpc) is 2.55. The SMILES string of the molecule is CCC1=CN2CCCCC2N1C(=O)O. The van der Waals surface area contributed by atoms with Crippen molar-refractivity contribution in [2.45, 2.75) is 38.8 Å². The van der Waals surface area contributed by atoms with Gasteiger partial charge in [-0.25, -0.2) is 4.79 Å². The zero-order valence-corrected chi connectivity index (χ0v) is 8.44. The standard InChI is InChI=1S/C10H16N2O2/c1-2-8-7-11-6-4-3-5-9(11)12(8)10(13)14/h7,9H,2-6H2,1H3,(H,13,14). The molecule has 78 valence electrons. The van der Waals surface area contributed by atoms with Crippen molar-refractivity contribution in [3.63, 3.8) is 0 Å². The van der Waals surface area contributed by atoms with Gasteiger partial charge in [-0.05, 0) is 25.7 Å². The Morgan fingerprint density at radius 2 is 2.43 bits per heavy atom. The highest BCUT2D eigenvalue weighted by molar-refractivity contribution is 5.68. The van der Waals surface area contributed by atoms with E-state index in [0.717, 1.165) is 31.5 Å². The van der Waals surface area contributed by atoms with Crippen LogP contribution in [0.4, 0.5) is 4.79 Å². The maximum atomic E-state index is 11.1. The highest BCUT2D eigenvalue weighted by Crippen LogP contribution is 2.31. The van der Waals surface area contributed by atoms with Crippen molar-refractivity contribution in [2.24, 2.45) is 0 Å². The fourth-order valence-corrected chi connectivity index (χ4v) is 2.32. The molecular weight excluding hydrogens is 180 g/mol. The van der Waals surface area contributed by atoms with Crippen LogP contribution in [0.25, 0.3) is 0 Å². The van der Waals surface area contributed by atoms with Crippen molar-refractivity contribution < 1.29 is 9.90 Å². The summed E-state index contributed by atoms with van der Waals surface area (Å²) in [5, 5.41) is 9.11. The molecule has 4 nitrogen and oxygen atoms in total. The van der Waals surface area contributed by atoms with Crippen LogP contribution in [-0.4, -0.2) is 33.7 Å². The first-order valence-electron chi connectivity index (χ1n) is 5.22. The van der Waals surface area contributed by atoms with Crippen molar-refractivity contribution in [1.82, 2.24) is 9.80 Å². The van der Waals surface area contributed by atoms with Crippen molar-refractivity contribution in [2.75, 3.05) is 6.54 Å². The lowest BCUT2D eigenvalue weighted by molar-refractivity contribution is 0.0895. The molecule has 2 heterocycles. The quantitative estimate of drug-likeness (QED) is 0.698. The molecule has 2 aliphatic heterocycles. The van der Waals surface area contributed by atoms with Crippen LogP contribution in [0, 0.1) is 0 Å². The second kappa shape index (κ2) is 3.52. The van der Waals surface area contributed by atoms with Crippen LogP contribution in [0.3, 0.4) is 0 Å². The summed E-state index contributed by atoms with van der Waals surface area (Å²) in [5.74, 6) is 0. The summed E-state index contributed by atoms with van der Waals surface area (Å²) < 4.78 is 0. The number of rotatable bonds is 1. The van der Waals surface area contributed by atoms with E-state index in [4.69, 9.17) is 5.11 Å². The predicted octanol–water partition coefficient (Wildman–Crippen LogP) is 2.04. The first-order valence-corrected chi connectivity index (χ1v) is 5.22. The monoisotopic (exact) mass is 196 g/mol. The molecule has 1 saturated heterocycles. The fourth-order valence-electron chi connectivity index (χ4n) is 2.32. The zero-order valence-electron chi connectivity index (χ0n) is 8.44. The molecule has 2 rings (SSSR count). The van der Waals surface area contributed by atoms with Gasteiger partial charge in [-0.1, -0.05) is 6.92 Å². The van der Waals surface area contributed by atoms with Gasteiger partial charge in [-0.15, -0.1) is 0 Å². The topological polar surface area (TPSA) is 43.8 Å². The van der Waals surface area contributed by atoms with Gasteiger partial charge in [0.25, 0.3) is 0 Å². The second-order valence-electron chi connectivity index (χ2n) is 3.84. The van der Waals surface area contributed by atoms with Crippen LogP contribution in [0.5, 0.6) is 0 Å². The molecule has 2 aliphatic rings. The van der Waals surface area contributed by atoms with Crippen LogP contribution in [0.2, 0.25) is 0 Å². The smallest absolute Gasteiger partial charge is 0.413 e. The fraction of sp³-hybridized carbons (Fsp3) is 0.700. The summed E-state index contributed by atoms with van der Waals surface area (Å²) >= 11 is 0. The number of allylic oxidation sites excluding steroid dienone is 1. The Bertz CT molecular complexity index is 275. The Kier molecular flexibility index (Phi) is 2.35. The van der Waals surface area contributed by atoms with Crippen LogP contribution in [0.1, 0.15) is 32.6 Å². The highest BCUT2D eigenvalue weighted by atomic mass is 16.4. The van der Waals surface area contributed by atoms with Crippen LogP contribution in [0.15, 0.2) is 11.9 Å². The van der Waals surface area contributed by atoms with Gasteiger partial charge >= 0.3 is 6.09 Å². The number of nitrogens with zero attached hydrogens (tertiary/aromatic N) is 2. The van der Waals surface area contributed by atoms with Gasteiger partial charge < -0.3 is 10.0 Å². The van der Waals surface area contributed by atoms with Crippen LogP contribution >= 0.6 is 0 Å². The summed E-state index contributed by atoms with van der Waals surface area (Å²) in [6, 6.07) is 0. The zero-order chi connectivity index (χ0) is 10.1. The maximum Gasteiger partial charge on any atom is 0.413 e. The summed E-state index contributed by atoms with van der Waals surface area (Å²) in [6.45, 7) is 3.00. The Hall–Kier alpha value is -1.19. The summed E-state index contributed by atoms with van der Waals surface area (Å²) in [5.41, 5.74) is 0.935. The molecule has 0 aliphatic carbocycles. The first kappa shape index (κ1) is 9.37. The lowest BCUT2D eigenvalue weighted by Crippen LogP contribution is -2.44. The highest BCUT2D eigenvalue weighted by Gasteiger charge is 2.36. The van der Waals surface area contributed by atoms with Crippen molar-refractivity contribution in [3.05, 3.63) is 11.9 Å². The maximum absolute atomic E-state index is 11.1. The van der Waals surface area contributed by atoms with Crippen molar-refractivity contribution in [3.8, 4) is 0 Å². The second-order valence-corrected chi connectivity index (χ2v) is 3.84. The number of hydrogen-bond donors (Lipinski definition) is 1. The number of carbonyl (C=O) groups is 1. The van der Waals surface area contributed by atoms with Gasteiger partial charge in [0.05, 0.1) is 0 Å². The van der Waals surface area contributed by atoms with Gasteiger partial charge in [0.1, 0.15) is 6.17 Å². The van der Waals surface area contributed by atoms with Gasteiger partial charge in [0, 0.05) is 18.4 Å². The Labute approximate surface area is 83.8 Å². The normalized spacial score (nSPS) is 26.1. The molecule has 1 fully saturated rings. The molecular formula is C10H16N2O2. The van der Waals surface area contributed by atoms with Gasteiger partial charge in [-0.2, -0.15) is 0 Å². The Balaban J connectivity index is 2.21. The lowest BCUT2D eigenvalue weighted by Gasteiger charge is -2.34. The number of fused-ring (bicyclic) bond motifs is 1. The molecule has 0 aromatic rings. The van der Waals surface area contributed by atoms with E-state index in [2.05, 4.69) is 4.90 Å². The molecule has 0 aromatic carbocycles. The van der Waals surface area contributed by atoms with E-state index >= 15 is 0 Å². The lowest BCUT2D eigenvalue weighted by atomic mass is 10.1. The van der Waals surface area contributed by atoms with Gasteiger partial charge in [-0.3, -0.25) is 4.90 Å². The number of amides is 1. The summed E-state index contributed by atoms with van der Waals surface area (Å²) in [6.07, 6.45) is 5.35. The van der Waals surface area contributed by atoms with Crippen LogP contribution in [-0.2, 0) is 0 Å². The van der Waals surface area contributed by atoms with E-state index in [0.29, 0.717) is 0 Å². The molecule has 0 bridgehead atoms. The largest absolute Gasteiger partial charge is 0.465 e. The third kappa shape index (κ3) is 1.35. The van der Waals surface area contributed by atoms with E-state index in [1.54, 1.807) is 0 Å². The van der Waals surface area contributed by atoms with Crippen LogP contribution < -0.4 is 0 Å². The minimum atomic E-state index is -0.812. The molecule has 0 radical (unpaired) electrons. The molecule has 0 saturated carbocycles. The Morgan fingerprint density at radius 3 is 3.07 bits per heavy atom. The summed E-state index contributed by atoms with van der Waals surface area (Å²) in [4.78, 5) is 14.8. The molecule has 4 heteroatoms. The predicted molar refractivity (Wildman–Crippen MR) is 52.6 cm³/mol. The van der Waals surface area contributed by atoms with E-state index in [9.17, 15) is 4.79 Å². The number of carboxylic acid groups (broad SMARTS) is 1. The molecule has 14 heavy (non-hydrogen) atoms. The minimum Gasteiger partial charge on any atom is -0.465 e. The van der Waals surface area contributed by atoms with Gasteiger partial charge in [0.15, 0.2) is 0 Å².